The molecule has 0 saturated carbocycles. The van der Waals surface area contributed by atoms with Crippen LogP contribution in [-0.4, -0.2) is 50.6 Å². The minimum Gasteiger partial charge on any atom is -0.493 e. The number of ether oxygens (including phenoxy) is 2. The zero-order chi connectivity index (χ0) is 18.4. The lowest BCUT2D eigenvalue weighted by atomic mass is 10.2. The maximum atomic E-state index is 12.2. The predicted molar refractivity (Wildman–Crippen MR) is 102 cm³/mol. The summed E-state index contributed by atoms with van der Waals surface area (Å²) < 4.78 is 11.5. The average Bonchev–Trinajstić information content (AvgIpc) is 2.66. The van der Waals surface area contributed by atoms with Crippen molar-refractivity contribution in [3.05, 3.63) is 60.2 Å². The molecule has 0 aromatic heterocycles. The third-order valence-electron chi connectivity index (χ3n) is 3.88. The van der Waals surface area contributed by atoms with E-state index in [9.17, 15) is 4.79 Å². The number of nitrogens with zero attached hydrogens (tertiary/aromatic N) is 3. The van der Waals surface area contributed by atoms with Crippen LogP contribution in [0.3, 0.4) is 0 Å². The molecule has 2 aromatic rings. The number of benzene rings is 2. The monoisotopic (exact) mass is 353 g/mol. The van der Waals surface area contributed by atoms with Gasteiger partial charge in [0.05, 0.1) is 17.9 Å². The maximum absolute atomic E-state index is 12.2. The van der Waals surface area contributed by atoms with E-state index in [-0.39, 0.29) is 12.5 Å². The largest absolute Gasteiger partial charge is 0.493 e. The quantitative estimate of drug-likeness (QED) is 0.718. The summed E-state index contributed by atoms with van der Waals surface area (Å²) in [6, 6.07) is 16.9. The van der Waals surface area contributed by atoms with Crippen LogP contribution in [-0.2, 0) is 9.53 Å². The van der Waals surface area contributed by atoms with Crippen LogP contribution >= 0.6 is 0 Å². The van der Waals surface area contributed by atoms with Crippen LogP contribution in [0.4, 0.5) is 5.69 Å². The van der Waals surface area contributed by atoms with Gasteiger partial charge in [-0.1, -0.05) is 30.3 Å². The summed E-state index contributed by atoms with van der Waals surface area (Å²) in [4.78, 5) is 14.3. The lowest BCUT2D eigenvalue weighted by molar-refractivity contribution is -0.121. The number of amides is 1. The first-order valence-corrected chi connectivity index (χ1v) is 8.61. The highest BCUT2D eigenvalue weighted by molar-refractivity contribution is 6.05. The Kier molecular flexibility index (Phi) is 5.86. The van der Waals surface area contributed by atoms with Crippen LogP contribution in [0.25, 0.3) is 0 Å². The van der Waals surface area contributed by atoms with E-state index in [4.69, 9.17) is 9.47 Å². The summed E-state index contributed by atoms with van der Waals surface area (Å²) in [7, 11) is 4.07. The van der Waals surface area contributed by atoms with Gasteiger partial charge in [-0.15, -0.1) is 5.10 Å². The minimum atomic E-state index is -0.204. The molecule has 2 aromatic carbocycles. The summed E-state index contributed by atoms with van der Waals surface area (Å²) >= 11 is 0. The van der Waals surface area contributed by atoms with Crippen molar-refractivity contribution in [2.75, 3.05) is 38.9 Å². The van der Waals surface area contributed by atoms with E-state index in [0.717, 1.165) is 18.5 Å². The van der Waals surface area contributed by atoms with Crippen LogP contribution in [0.5, 0.6) is 5.75 Å². The molecule has 0 aliphatic carbocycles. The Bertz CT molecular complexity index is 775. The van der Waals surface area contributed by atoms with E-state index in [0.29, 0.717) is 23.9 Å². The Morgan fingerprint density at radius 3 is 2.62 bits per heavy atom. The zero-order valence-electron chi connectivity index (χ0n) is 15.1. The van der Waals surface area contributed by atoms with Crippen molar-refractivity contribution in [2.45, 2.75) is 6.42 Å². The van der Waals surface area contributed by atoms with Gasteiger partial charge in [0.2, 0.25) is 5.90 Å². The van der Waals surface area contributed by atoms with E-state index in [2.05, 4.69) is 10.0 Å². The van der Waals surface area contributed by atoms with Crippen molar-refractivity contribution in [1.29, 1.82) is 0 Å². The van der Waals surface area contributed by atoms with Gasteiger partial charge in [0.25, 0.3) is 5.91 Å². The Hall–Kier alpha value is -2.86. The Labute approximate surface area is 153 Å². The number of para-hydroxylation sites is 2. The number of hydrazone groups is 1. The van der Waals surface area contributed by atoms with Gasteiger partial charge in [-0.05, 0) is 44.8 Å². The van der Waals surface area contributed by atoms with Crippen molar-refractivity contribution in [3.63, 3.8) is 0 Å². The molecule has 136 valence electrons. The molecule has 0 N–H and O–H groups in total. The Morgan fingerprint density at radius 2 is 1.85 bits per heavy atom. The van der Waals surface area contributed by atoms with Gasteiger partial charge in [-0.3, -0.25) is 4.79 Å². The van der Waals surface area contributed by atoms with Gasteiger partial charge in [-0.25, -0.2) is 0 Å². The minimum absolute atomic E-state index is 0.0529. The number of hydrogen-bond donors (Lipinski definition) is 0. The van der Waals surface area contributed by atoms with E-state index < -0.39 is 0 Å². The molecule has 0 spiro atoms. The summed E-state index contributed by atoms with van der Waals surface area (Å²) in [5, 5.41) is 5.79. The molecule has 6 nitrogen and oxygen atoms in total. The second-order valence-corrected chi connectivity index (χ2v) is 6.24. The lowest BCUT2D eigenvalue weighted by Gasteiger charge is -2.24. The van der Waals surface area contributed by atoms with Crippen LogP contribution in [0.15, 0.2) is 59.7 Å². The maximum Gasteiger partial charge on any atom is 0.285 e. The SMILES string of the molecule is CN(C)CCCOc1ccccc1C1=NN(c2ccccc2)C(=O)CO1. The highest BCUT2D eigenvalue weighted by Gasteiger charge is 2.25. The normalized spacial score (nSPS) is 14.2. The van der Waals surface area contributed by atoms with E-state index in [1.807, 2.05) is 68.7 Å². The van der Waals surface area contributed by atoms with Gasteiger partial charge in [0, 0.05) is 6.54 Å². The van der Waals surface area contributed by atoms with Crippen LogP contribution in [0, 0.1) is 0 Å². The molecular weight excluding hydrogens is 330 g/mol. The summed E-state index contributed by atoms with van der Waals surface area (Å²) in [5.41, 5.74) is 1.45. The third-order valence-corrected chi connectivity index (χ3v) is 3.88. The lowest BCUT2D eigenvalue weighted by Crippen LogP contribution is -2.36. The van der Waals surface area contributed by atoms with Crippen LogP contribution in [0.1, 0.15) is 12.0 Å². The summed E-state index contributed by atoms with van der Waals surface area (Å²) in [5.74, 6) is 0.883. The standard InChI is InChI=1S/C20H23N3O3/c1-22(2)13-8-14-25-18-12-7-6-11-17(18)20-21-23(19(24)15-26-20)16-9-4-3-5-10-16/h3-7,9-12H,8,13-15H2,1-2H3. The summed E-state index contributed by atoms with van der Waals surface area (Å²) in [6.45, 7) is 1.50. The van der Waals surface area contributed by atoms with Crippen molar-refractivity contribution in [2.24, 2.45) is 5.10 Å². The molecule has 6 heteroatoms. The Morgan fingerprint density at radius 1 is 1.12 bits per heavy atom. The zero-order valence-corrected chi connectivity index (χ0v) is 15.1. The number of rotatable bonds is 7. The molecule has 0 unspecified atom stereocenters. The molecule has 1 heterocycles. The van der Waals surface area contributed by atoms with Crippen molar-refractivity contribution in [1.82, 2.24) is 4.90 Å². The highest BCUT2D eigenvalue weighted by Crippen LogP contribution is 2.24. The molecule has 1 amide bonds. The summed E-state index contributed by atoms with van der Waals surface area (Å²) in [6.07, 6.45) is 0.920. The van der Waals surface area contributed by atoms with Crippen molar-refractivity contribution < 1.29 is 14.3 Å². The second-order valence-electron chi connectivity index (χ2n) is 6.24. The van der Waals surface area contributed by atoms with E-state index in [1.54, 1.807) is 0 Å². The smallest absolute Gasteiger partial charge is 0.285 e. The highest BCUT2D eigenvalue weighted by atomic mass is 16.5. The molecular formula is C20H23N3O3. The molecule has 26 heavy (non-hydrogen) atoms. The van der Waals surface area contributed by atoms with Gasteiger partial charge in [0.1, 0.15) is 5.75 Å². The van der Waals surface area contributed by atoms with Gasteiger partial charge in [-0.2, -0.15) is 5.01 Å². The molecule has 1 aliphatic heterocycles. The van der Waals surface area contributed by atoms with E-state index >= 15 is 0 Å². The molecule has 3 rings (SSSR count). The number of hydrogen-bond acceptors (Lipinski definition) is 5. The molecule has 0 bridgehead atoms. The first kappa shape index (κ1) is 17.9. The fourth-order valence-electron chi connectivity index (χ4n) is 2.60. The first-order valence-electron chi connectivity index (χ1n) is 8.61. The molecule has 0 atom stereocenters. The number of anilines is 1. The fourth-order valence-corrected chi connectivity index (χ4v) is 2.60. The third kappa shape index (κ3) is 4.40. The number of carbonyl (C=O) groups is 1. The second kappa shape index (κ2) is 8.49. The van der Waals surface area contributed by atoms with Gasteiger partial charge >= 0.3 is 0 Å². The van der Waals surface area contributed by atoms with Gasteiger partial charge in [0.15, 0.2) is 6.61 Å². The van der Waals surface area contributed by atoms with Crippen LogP contribution in [0.2, 0.25) is 0 Å². The first-order chi connectivity index (χ1) is 12.6. The topological polar surface area (TPSA) is 54.4 Å². The Balaban J connectivity index is 1.80. The predicted octanol–water partition coefficient (Wildman–Crippen LogP) is 2.74. The average molecular weight is 353 g/mol. The number of carbonyl (C=O) groups excluding carboxylic acids is 1. The van der Waals surface area contributed by atoms with Gasteiger partial charge < -0.3 is 14.4 Å². The fraction of sp³-hybridized carbons (Fsp3) is 0.300. The molecule has 0 fully saturated rings. The van der Waals surface area contributed by atoms with Crippen LogP contribution < -0.4 is 9.75 Å². The van der Waals surface area contributed by atoms with Crippen molar-refractivity contribution >= 4 is 17.5 Å². The molecule has 1 aliphatic rings. The molecule has 0 saturated heterocycles. The van der Waals surface area contributed by atoms with E-state index in [1.165, 1.54) is 5.01 Å². The molecule has 0 radical (unpaired) electrons. The van der Waals surface area contributed by atoms with Crippen molar-refractivity contribution in [3.8, 4) is 5.75 Å².